The summed E-state index contributed by atoms with van der Waals surface area (Å²) in [6, 6.07) is 0. The van der Waals surface area contributed by atoms with Crippen molar-refractivity contribution in [2.75, 3.05) is 13.2 Å². The summed E-state index contributed by atoms with van der Waals surface area (Å²) in [5.74, 6) is -7.58. The highest BCUT2D eigenvalue weighted by Crippen LogP contribution is 2.01. The second-order valence-corrected chi connectivity index (χ2v) is 4.08. The van der Waals surface area contributed by atoms with Gasteiger partial charge >= 0.3 is 23.9 Å². The smallest absolute Gasteiger partial charge is 0.317 e. The van der Waals surface area contributed by atoms with Gasteiger partial charge in [0, 0.05) is 13.2 Å². The summed E-state index contributed by atoms with van der Waals surface area (Å²) in [5.41, 5.74) is 0. The molecule has 0 amide bonds. The molecule has 6 N–H and O–H groups in total. The van der Waals surface area contributed by atoms with Crippen LogP contribution in [0.25, 0.3) is 0 Å². The van der Waals surface area contributed by atoms with E-state index in [1.54, 1.807) is 0 Å². The summed E-state index contributed by atoms with van der Waals surface area (Å²) in [4.78, 5) is 40.0. The fourth-order valence-electron chi connectivity index (χ4n) is 0.980. The van der Waals surface area contributed by atoms with Gasteiger partial charge in [0.15, 0.2) is 11.8 Å². The predicted molar refractivity (Wildman–Crippen MR) is 76.9 cm³/mol. The van der Waals surface area contributed by atoms with Gasteiger partial charge in [0.25, 0.3) is 0 Å². The lowest BCUT2D eigenvalue weighted by Crippen LogP contribution is -2.22. The second kappa shape index (κ2) is 16.2. The van der Waals surface area contributed by atoms with Crippen molar-refractivity contribution in [1.82, 2.24) is 0 Å². The molecular weight excluding hydrogens is 316 g/mol. The maximum absolute atomic E-state index is 9.99. The minimum absolute atomic E-state index is 0.0938. The van der Waals surface area contributed by atoms with Crippen LogP contribution in [0.15, 0.2) is 0 Å². The largest absolute Gasteiger partial charge is 0.481 e. The monoisotopic (exact) mass is 340 g/mol. The summed E-state index contributed by atoms with van der Waals surface area (Å²) in [6.07, 6.45) is 0.759. The first kappa shape index (κ1) is 25.7. The van der Waals surface area contributed by atoms with Crippen LogP contribution in [-0.2, 0) is 19.2 Å². The number of carbonyl (C=O) groups is 4. The van der Waals surface area contributed by atoms with E-state index < -0.39 is 35.7 Å². The van der Waals surface area contributed by atoms with E-state index in [0.29, 0.717) is 6.42 Å². The van der Waals surface area contributed by atoms with Crippen molar-refractivity contribution < 1.29 is 49.8 Å². The van der Waals surface area contributed by atoms with E-state index in [9.17, 15) is 19.2 Å². The van der Waals surface area contributed by atoms with Crippen molar-refractivity contribution in [3.8, 4) is 0 Å². The van der Waals surface area contributed by atoms with Gasteiger partial charge in [-0.25, -0.2) is 0 Å². The minimum Gasteiger partial charge on any atom is -0.481 e. The van der Waals surface area contributed by atoms with Crippen molar-refractivity contribution in [3.05, 3.63) is 0 Å². The van der Waals surface area contributed by atoms with Gasteiger partial charge in [-0.05, 0) is 19.3 Å². The topological polar surface area (TPSA) is 190 Å². The highest BCUT2D eigenvalue weighted by atomic mass is 16.4. The molecule has 0 aliphatic heterocycles. The fourth-order valence-corrected chi connectivity index (χ4v) is 0.980. The minimum atomic E-state index is -1.27. The fraction of sp³-hybridized carbons (Fsp3) is 0.692. The first-order chi connectivity index (χ1) is 10.6. The van der Waals surface area contributed by atoms with Crippen molar-refractivity contribution in [1.29, 1.82) is 0 Å². The molecule has 0 radical (unpaired) electrons. The van der Waals surface area contributed by atoms with Gasteiger partial charge in [-0.15, -0.1) is 0 Å². The van der Waals surface area contributed by atoms with E-state index in [1.807, 2.05) is 0 Å². The van der Waals surface area contributed by atoms with Crippen LogP contribution in [-0.4, -0.2) is 67.7 Å². The van der Waals surface area contributed by atoms with E-state index in [4.69, 9.17) is 30.6 Å². The van der Waals surface area contributed by atoms with Crippen LogP contribution >= 0.6 is 0 Å². The van der Waals surface area contributed by atoms with E-state index >= 15 is 0 Å². The Bertz CT molecular complexity index is 304. The molecular formula is C13H24O10. The number of rotatable bonds is 8. The third kappa shape index (κ3) is 16.0. The molecule has 0 atom stereocenters. The molecule has 10 heteroatoms. The molecule has 0 rings (SSSR count). The van der Waals surface area contributed by atoms with Gasteiger partial charge in [0.1, 0.15) is 0 Å². The zero-order valence-corrected chi connectivity index (χ0v) is 13.0. The maximum atomic E-state index is 9.99. The van der Waals surface area contributed by atoms with Crippen LogP contribution in [0.3, 0.4) is 0 Å². The first-order valence-electron chi connectivity index (χ1n) is 6.73. The highest BCUT2D eigenvalue weighted by Gasteiger charge is 2.23. The summed E-state index contributed by atoms with van der Waals surface area (Å²) >= 11 is 0. The molecule has 0 aromatic heterocycles. The van der Waals surface area contributed by atoms with Crippen LogP contribution in [0.5, 0.6) is 0 Å². The maximum Gasteiger partial charge on any atom is 0.317 e. The molecule has 23 heavy (non-hydrogen) atoms. The average molecular weight is 340 g/mol. The van der Waals surface area contributed by atoms with Crippen molar-refractivity contribution in [2.45, 2.75) is 33.1 Å². The van der Waals surface area contributed by atoms with Gasteiger partial charge in [0.2, 0.25) is 0 Å². The molecule has 0 bridgehead atoms. The normalized spacial score (nSPS) is 9.30. The number of carboxylic acid groups (broad SMARTS) is 4. The lowest BCUT2D eigenvalue weighted by Gasteiger charge is -2.00. The molecule has 0 unspecified atom stereocenters. The Kier molecular flexibility index (Phi) is 18.1. The Morgan fingerprint density at radius 3 is 0.870 bits per heavy atom. The Labute approximate surface area is 133 Å². The third-order valence-electron chi connectivity index (χ3n) is 2.33. The van der Waals surface area contributed by atoms with Crippen molar-refractivity contribution in [3.63, 3.8) is 0 Å². The van der Waals surface area contributed by atoms with E-state index in [-0.39, 0.29) is 26.1 Å². The number of hydrogen-bond acceptors (Lipinski definition) is 6. The molecule has 0 fully saturated rings. The Hall–Kier alpha value is -2.20. The molecule has 0 saturated carbocycles. The average Bonchev–Trinajstić information content (AvgIpc) is 2.40. The molecule has 0 aromatic carbocycles. The molecule has 0 heterocycles. The van der Waals surface area contributed by atoms with Gasteiger partial charge in [0.05, 0.1) is 0 Å². The molecule has 0 aliphatic carbocycles. The van der Waals surface area contributed by atoms with Crippen LogP contribution < -0.4 is 0 Å². The Morgan fingerprint density at radius 2 is 0.870 bits per heavy atom. The Balaban J connectivity index is -0.000000273. The molecule has 0 spiro atoms. The molecule has 10 nitrogen and oxygen atoms in total. The zero-order chi connectivity index (χ0) is 19.0. The highest BCUT2D eigenvalue weighted by molar-refractivity contribution is 5.93. The van der Waals surface area contributed by atoms with E-state index in [0.717, 1.165) is 0 Å². The quantitative estimate of drug-likeness (QED) is 0.320. The van der Waals surface area contributed by atoms with Crippen LogP contribution in [0.2, 0.25) is 0 Å². The van der Waals surface area contributed by atoms with Crippen LogP contribution in [0.1, 0.15) is 33.1 Å². The predicted octanol–water partition coefficient (Wildman–Crippen LogP) is -0.275. The molecule has 0 aliphatic rings. The third-order valence-corrected chi connectivity index (χ3v) is 2.33. The number of aliphatic hydroxyl groups is 2. The lowest BCUT2D eigenvalue weighted by molar-refractivity contribution is -0.156. The van der Waals surface area contributed by atoms with Crippen molar-refractivity contribution in [2.24, 2.45) is 11.8 Å². The van der Waals surface area contributed by atoms with Crippen LogP contribution in [0, 0.1) is 11.8 Å². The molecule has 136 valence electrons. The number of hydrogen-bond donors (Lipinski definition) is 6. The summed E-state index contributed by atoms with van der Waals surface area (Å²) in [5, 5.41) is 48.5. The summed E-state index contributed by atoms with van der Waals surface area (Å²) in [7, 11) is 0. The van der Waals surface area contributed by atoms with Gasteiger partial charge in [-0.2, -0.15) is 0 Å². The van der Waals surface area contributed by atoms with Gasteiger partial charge in [-0.3, -0.25) is 19.2 Å². The van der Waals surface area contributed by atoms with Crippen molar-refractivity contribution >= 4 is 23.9 Å². The SMILES string of the molecule is CCC(C(=O)O)C(=O)O.CCC(C(=O)O)C(=O)O.OCCCO. The van der Waals surface area contributed by atoms with Gasteiger partial charge in [-0.1, -0.05) is 13.8 Å². The van der Waals surface area contributed by atoms with Gasteiger partial charge < -0.3 is 30.6 Å². The number of aliphatic carboxylic acids is 4. The van der Waals surface area contributed by atoms with E-state index in [2.05, 4.69) is 0 Å². The summed E-state index contributed by atoms with van der Waals surface area (Å²) < 4.78 is 0. The zero-order valence-electron chi connectivity index (χ0n) is 13.0. The molecule has 0 aromatic rings. The second-order valence-electron chi connectivity index (χ2n) is 4.08. The van der Waals surface area contributed by atoms with E-state index in [1.165, 1.54) is 13.8 Å². The van der Waals surface area contributed by atoms with Crippen LogP contribution in [0.4, 0.5) is 0 Å². The Morgan fingerprint density at radius 1 is 0.652 bits per heavy atom. The first-order valence-corrected chi connectivity index (χ1v) is 6.73. The number of aliphatic hydroxyl groups excluding tert-OH is 2. The lowest BCUT2D eigenvalue weighted by atomic mass is 10.1. The summed E-state index contributed by atoms with van der Waals surface area (Å²) in [6.45, 7) is 3.23. The number of carboxylic acids is 4. The standard InChI is InChI=1S/2C5H8O4.C3H8O2/c2*1-2-3(4(6)7)5(8)9;4-2-1-3-5/h2*3H,2H2,1H3,(H,6,7)(H,8,9);4-5H,1-3H2. The molecule has 0 saturated heterocycles.